The first-order valence-corrected chi connectivity index (χ1v) is 4.59. The molecule has 0 saturated heterocycles. The van der Waals surface area contributed by atoms with E-state index < -0.39 is 0 Å². The molecule has 1 rings (SSSR count). The van der Waals surface area contributed by atoms with E-state index >= 15 is 0 Å². The molecule has 0 bridgehead atoms. The summed E-state index contributed by atoms with van der Waals surface area (Å²) < 4.78 is 0. The van der Waals surface area contributed by atoms with Crippen LogP contribution < -0.4 is 5.32 Å². The fourth-order valence-electron chi connectivity index (χ4n) is 1.39. The number of hydrogen-bond donors (Lipinski definition) is 1. The molecule has 0 aromatic rings. The molecule has 11 heavy (non-hydrogen) atoms. The van der Waals surface area contributed by atoms with Crippen molar-refractivity contribution in [2.75, 3.05) is 7.05 Å². The molecule has 1 aliphatic carbocycles. The molecule has 1 nitrogen and oxygen atoms in total. The van der Waals surface area contributed by atoms with Crippen molar-refractivity contribution < 1.29 is 0 Å². The van der Waals surface area contributed by atoms with Gasteiger partial charge in [0.2, 0.25) is 0 Å². The van der Waals surface area contributed by atoms with Crippen LogP contribution in [-0.4, -0.2) is 13.1 Å². The van der Waals surface area contributed by atoms with Gasteiger partial charge in [0.15, 0.2) is 0 Å². The van der Waals surface area contributed by atoms with Crippen molar-refractivity contribution in [3.05, 3.63) is 12.7 Å². The molecule has 66 valence electrons. The molecule has 0 aliphatic heterocycles. The molecule has 1 N–H and O–H groups in total. The smallest absolute Gasteiger partial charge is 0.00640 e. The van der Waals surface area contributed by atoms with Gasteiger partial charge in [-0.15, -0.1) is 6.58 Å². The lowest BCUT2D eigenvalue weighted by Crippen LogP contribution is -2.26. The van der Waals surface area contributed by atoms with E-state index in [0.717, 1.165) is 6.04 Å². The van der Waals surface area contributed by atoms with Gasteiger partial charge < -0.3 is 5.32 Å². The highest BCUT2D eigenvalue weighted by molar-refractivity contribution is 4.68. The van der Waals surface area contributed by atoms with Crippen molar-refractivity contribution in [2.45, 2.75) is 45.1 Å². The Morgan fingerprint density at radius 1 is 1.27 bits per heavy atom. The number of nitrogens with one attached hydrogen (secondary N) is 1. The average molecular weight is 155 g/mol. The molecule has 0 atom stereocenters. The Bertz CT molecular complexity index is 82.9. The lowest BCUT2D eigenvalue weighted by atomic mass is 9.96. The molecule has 1 heteroatoms. The van der Waals surface area contributed by atoms with Gasteiger partial charge in [0, 0.05) is 6.04 Å². The zero-order valence-corrected chi connectivity index (χ0v) is 7.90. The van der Waals surface area contributed by atoms with E-state index in [4.69, 9.17) is 0 Å². The summed E-state index contributed by atoms with van der Waals surface area (Å²) in [5.74, 6) is 0. The van der Waals surface area contributed by atoms with Gasteiger partial charge in [-0.2, -0.15) is 0 Å². The minimum Gasteiger partial charge on any atom is -0.317 e. The normalized spacial score (nSPS) is 18.4. The van der Waals surface area contributed by atoms with E-state index in [1.54, 1.807) is 6.08 Å². The number of rotatable bonds is 1. The average Bonchev–Trinajstić information content (AvgIpc) is 2.08. The fourth-order valence-corrected chi connectivity index (χ4v) is 1.39. The molecule has 0 aromatic carbocycles. The zero-order valence-electron chi connectivity index (χ0n) is 7.90. The van der Waals surface area contributed by atoms with Crippen molar-refractivity contribution in [3.8, 4) is 0 Å². The minimum absolute atomic E-state index is 0.837. The quantitative estimate of drug-likeness (QED) is 0.574. The third-order valence-corrected chi connectivity index (χ3v) is 2.01. The summed E-state index contributed by atoms with van der Waals surface area (Å²) in [5, 5.41) is 3.30. The molecule has 0 unspecified atom stereocenters. The van der Waals surface area contributed by atoms with Gasteiger partial charge >= 0.3 is 0 Å². The molecule has 1 aliphatic rings. The molecule has 0 radical (unpaired) electrons. The largest absolute Gasteiger partial charge is 0.317 e. The predicted molar refractivity (Wildman–Crippen MR) is 51.8 cm³/mol. The third-order valence-electron chi connectivity index (χ3n) is 2.01. The second-order valence-electron chi connectivity index (χ2n) is 3.03. The lowest BCUT2D eigenvalue weighted by Gasteiger charge is -2.20. The second-order valence-corrected chi connectivity index (χ2v) is 3.03. The van der Waals surface area contributed by atoms with Crippen LogP contribution in [0.4, 0.5) is 0 Å². The van der Waals surface area contributed by atoms with Crippen LogP contribution in [0.3, 0.4) is 0 Å². The van der Waals surface area contributed by atoms with E-state index in [9.17, 15) is 0 Å². The SMILES string of the molecule is C=CC.CNC1CCCCC1. The Kier molecular flexibility index (Phi) is 7.59. The van der Waals surface area contributed by atoms with Crippen molar-refractivity contribution in [2.24, 2.45) is 0 Å². The molecule has 1 fully saturated rings. The summed E-state index contributed by atoms with van der Waals surface area (Å²) in [6.07, 6.45) is 8.88. The summed E-state index contributed by atoms with van der Waals surface area (Å²) in [4.78, 5) is 0. The maximum Gasteiger partial charge on any atom is 0.00640 e. The second kappa shape index (κ2) is 7.80. The molecule has 0 amide bonds. The van der Waals surface area contributed by atoms with Gasteiger partial charge in [-0.3, -0.25) is 0 Å². The van der Waals surface area contributed by atoms with Gasteiger partial charge in [-0.25, -0.2) is 0 Å². The fraction of sp³-hybridized carbons (Fsp3) is 0.800. The van der Waals surface area contributed by atoms with Crippen molar-refractivity contribution in [3.63, 3.8) is 0 Å². The van der Waals surface area contributed by atoms with Crippen LogP contribution in [0.15, 0.2) is 12.7 Å². The maximum absolute atomic E-state index is 3.36. The topological polar surface area (TPSA) is 12.0 Å². The highest BCUT2D eigenvalue weighted by Crippen LogP contribution is 2.16. The third kappa shape index (κ3) is 6.11. The highest BCUT2D eigenvalue weighted by Gasteiger charge is 2.09. The first-order chi connectivity index (χ1) is 5.35. The number of allylic oxidation sites excluding steroid dienone is 1. The summed E-state index contributed by atoms with van der Waals surface area (Å²) >= 11 is 0. The van der Waals surface area contributed by atoms with E-state index in [2.05, 4.69) is 18.9 Å². The Labute approximate surface area is 70.9 Å². The first kappa shape index (κ1) is 10.7. The van der Waals surface area contributed by atoms with E-state index in [1.807, 2.05) is 6.92 Å². The summed E-state index contributed by atoms with van der Waals surface area (Å²) in [6, 6.07) is 0.837. The molecule has 0 aromatic heterocycles. The van der Waals surface area contributed by atoms with E-state index in [1.165, 1.54) is 32.1 Å². The van der Waals surface area contributed by atoms with Crippen LogP contribution in [-0.2, 0) is 0 Å². The van der Waals surface area contributed by atoms with Crippen molar-refractivity contribution >= 4 is 0 Å². The zero-order chi connectivity index (χ0) is 8.53. The summed E-state index contributed by atoms with van der Waals surface area (Å²) in [5.41, 5.74) is 0. The van der Waals surface area contributed by atoms with Crippen molar-refractivity contribution in [1.82, 2.24) is 5.32 Å². The Morgan fingerprint density at radius 3 is 2.00 bits per heavy atom. The van der Waals surface area contributed by atoms with Crippen LogP contribution in [0.25, 0.3) is 0 Å². The Hall–Kier alpha value is -0.300. The Balaban J connectivity index is 0.000000292. The summed E-state index contributed by atoms with van der Waals surface area (Å²) in [6.45, 7) is 5.25. The van der Waals surface area contributed by atoms with Gasteiger partial charge in [0.25, 0.3) is 0 Å². The summed E-state index contributed by atoms with van der Waals surface area (Å²) in [7, 11) is 2.07. The predicted octanol–water partition coefficient (Wildman–Crippen LogP) is 2.73. The van der Waals surface area contributed by atoms with E-state index in [0.29, 0.717) is 0 Å². The molecule has 1 saturated carbocycles. The molecule has 0 spiro atoms. The van der Waals surface area contributed by atoms with Gasteiger partial charge in [0.05, 0.1) is 0 Å². The maximum atomic E-state index is 3.36. The molecular formula is C10H21N. The molecular weight excluding hydrogens is 134 g/mol. The van der Waals surface area contributed by atoms with Gasteiger partial charge in [0.1, 0.15) is 0 Å². The number of hydrogen-bond acceptors (Lipinski definition) is 1. The van der Waals surface area contributed by atoms with Crippen LogP contribution in [0.2, 0.25) is 0 Å². The lowest BCUT2D eigenvalue weighted by molar-refractivity contribution is 0.394. The van der Waals surface area contributed by atoms with E-state index in [-0.39, 0.29) is 0 Å². The first-order valence-electron chi connectivity index (χ1n) is 4.59. The van der Waals surface area contributed by atoms with Crippen LogP contribution in [0, 0.1) is 0 Å². The van der Waals surface area contributed by atoms with Crippen LogP contribution in [0.1, 0.15) is 39.0 Å². The Morgan fingerprint density at radius 2 is 1.73 bits per heavy atom. The molecule has 0 heterocycles. The minimum atomic E-state index is 0.837. The standard InChI is InChI=1S/C7H15N.C3H6/c1-8-7-5-3-2-4-6-7;1-3-2/h7-8H,2-6H2,1H3;3H,1H2,2H3. The van der Waals surface area contributed by atoms with Gasteiger partial charge in [-0.1, -0.05) is 25.3 Å². The monoisotopic (exact) mass is 155 g/mol. The van der Waals surface area contributed by atoms with Gasteiger partial charge in [-0.05, 0) is 26.8 Å². The van der Waals surface area contributed by atoms with Crippen LogP contribution >= 0.6 is 0 Å². The van der Waals surface area contributed by atoms with Crippen molar-refractivity contribution in [1.29, 1.82) is 0 Å². The highest BCUT2D eigenvalue weighted by atomic mass is 14.9. The van der Waals surface area contributed by atoms with Crippen LogP contribution in [0.5, 0.6) is 0 Å².